The number of methoxy groups -OCH3 is 2. The Bertz CT molecular complexity index is 502. The fourth-order valence-corrected chi connectivity index (χ4v) is 2.94. The highest BCUT2D eigenvalue weighted by Crippen LogP contribution is 2.45. The van der Waals surface area contributed by atoms with Crippen LogP contribution in [0.2, 0.25) is 0 Å². The molecule has 2 heterocycles. The van der Waals surface area contributed by atoms with Crippen LogP contribution < -0.4 is 10.1 Å². The van der Waals surface area contributed by atoms with Gasteiger partial charge in [-0.15, -0.1) is 0 Å². The first-order chi connectivity index (χ1) is 9.24. The predicted octanol–water partition coefficient (Wildman–Crippen LogP) is 1.74. The third-order valence-corrected chi connectivity index (χ3v) is 3.90. The van der Waals surface area contributed by atoms with E-state index in [2.05, 4.69) is 5.32 Å². The fourth-order valence-electron chi connectivity index (χ4n) is 2.94. The van der Waals surface area contributed by atoms with E-state index in [0.717, 1.165) is 23.4 Å². The Morgan fingerprint density at radius 3 is 3.00 bits per heavy atom. The smallest absolute Gasteiger partial charge is 0.328 e. The van der Waals surface area contributed by atoms with Gasteiger partial charge in [-0.05, 0) is 24.6 Å². The largest absolute Gasteiger partial charge is 0.497 e. The van der Waals surface area contributed by atoms with Crippen LogP contribution in [0.3, 0.4) is 0 Å². The van der Waals surface area contributed by atoms with E-state index in [1.54, 1.807) is 7.11 Å². The van der Waals surface area contributed by atoms with Gasteiger partial charge in [-0.25, -0.2) is 4.79 Å². The number of benzene rings is 1. The topological polar surface area (TPSA) is 56.8 Å². The van der Waals surface area contributed by atoms with E-state index in [0.29, 0.717) is 6.61 Å². The average Bonchev–Trinajstić information content (AvgIpc) is 2.94. The summed E-state index contributed by atoms with van der Waals surface area (Å²) in [5.41, 5.74) is 1.97. The number of rotatable bonds is 2. The summed E-state index contributed by atoms with van der Waals surface area (Å²) in [5.74, 6) is 0.681. The molecule has 5 heteroatoms. The second-order valence-corrected chi connectivity index (χ2v) is 4.84. The zero-order chi connectivity index (χ0) is 13.4. The van der Waals surface area contributed by atoms with Crippen molar-refractivity contribution in [3.05, 3.63) is 23.8 Å². The van der Waals surface area contributed by atoms with Gasteiger partial charge < -0.3 is 19.5 Å². The highest BCUT2D eigenvalue weighted by Gasteiger charge is 2.44. The number of carbonyl (C=O) groups excluding carboxylic acids is 1. The number of carbonyl (C=O) groups is 1. The fraction of sp³-hybridized carbons (Fsp3) is 0.500. The molecule has 0 spiro atoms. The zero-order valence-electron chi connectivity index (χ0n) is 11.0. The van der Waals surface area contributed by atoms with Crippen LogP contribution in [0.25, 0.3) is 0 Å². The highest BCUT2D eigenvalue weighted by atomic mass is 16.5. The van der Waals surface area contributed by atoms with Gasteiger partial charge in [-0.3, -0.25) is 0 Å². The number of esters is 1. The number of hydrogen-bond acceptors (Lipinski definition) is 5. The minimum Gasteiger partial charge on any atom is -0.497 e. The molecule has 0 aromatic heterocycles. The highest BCUT2D eigenvalue weighted by molar-refractivity contribution is 5.81. The molecule has 3 unspecified atom stereocenters. The molecular weight excluding hydrogens is 246 g/mol. The van der Waals surface area contributed by atoms with Crippen LogP contribution in [-0.2, 0) is 14.3 Å². The van der Waals surface area contributed by atoms with Crippen molar-refractivity contribution >= 4 is 11.7 Å². The van der Waals surface area contributed by atoms with Gasteiger partial charge in [0, 0.05) is 23.8 Å². The van der Waals surface area contributed by atoms with Gasteiger partial charge in [0.15, 0.2) is 0 Å². The molecule has 0 aliphatic carbocycles. The Morgan fingerprint density at radius 2 is 2.26 bits per heavy atom. The molecule has 3 rings (SSSR count). The molecule has 19 heavy (non-hydrogen) atoms. The van der Waals surface area contributed by atoms with Gasteiger partial charge in [0.25, 0.3) is 0 Å². The molecule has 0 bridgehead atoms. The van der Waals surface area contributed by atoms with Crippen molar-refractivity contribution in [2.45, 2.75) is 18.6 Å². The minimum absolute atomic E-state index is 0.0598. The summed E-state index contributed by atoms with van der Waals surface area (Å²) in [6.07, 6.45) is 0.795. The summed E-state index contributed by atoms with van der Waals surface area (Å²) in [6.45, 7) is 0.668. The Kier molecular flexibility index (Phi) is 3.06. The van der Waals surface area contributed by atoms with E-state index in [1.165, 1.54) is 7.11 Å². The lowest BCUT2D eigenvalue weighted by atomic mass is 9.84. The van der Waals surface area contributed by atoms with Crippen LogP contribution in [0.1, 0.15) is 18.1 Å². The summed E-state index contributed by atoms with van der Waals surface area (Å²) < 4.78 is 15.9. The molecule has 1 fully saturated rings. The van der Waals surface area contributed by atoms with E-state index in [4.69, 9.17) is 14.2 Å². The maximum atomic E-state index is 11.9. The molecule has 2 aliphatic rings. The summed E-state index contributed by atoms with van der Waals surface area (Å²) in [5, 5.41) is 3.26. The molecule has 3 atom stereocenters. The number of ether oxygens (including phenoxy) is 3. The van der Waals surface area contributed by atoms with E-state index < -0.39 is 0 Å². The normalized spacial score (nSPS) is 28.0. The lowest BCUT2D eigenvalue weighted by Crippen LogP contribution is -2.42. The molecule has 1 N–H and O–H groups in total. The second-order valence-electron chi connectivity index (χ2n) is 4.84. The van der Waals surface area contributed by atoms with Gasteiger partial charge in [-0.2, -0.15) is 0 Å². The summed E-state index contributed by atoms with van der Waals surface area (Å²) in [4.78, 5) is 11.9. The SMILES string of the molecule is COC(=O)C1Nc2ccc(OC)cc2C2OCCC12. The lowest BCUT2D eigenvalue weighted by molar-refractivity contribution is -0.143. The van der Waals surface area contributed by atoms with Crippen molar-refractivity contribution in [1.82, 2.24) is 0 Å². The molecule has 0 amide bonds. The first kappa shape index (κ1) is 12.3. The number of nitrogens with one attached hydrogen (secondary N) is 1. The summed E-state index contributed by atoms with van der Waals surface area (Å²) >= 11 is 0. The van der Waals surface area contributed by atoms with Gasteiger partial charge >= 0.3 is 5.97 Å². The van der Waals surface area contributed by atoms with Crippen molar-refractivity contribution < 1.29 is 19.0 Å². The van der Waals surface area contributed by atoms with Crippen LogP contribution >= 0.6 is 0 Å². The zero-order valence-corrected chi connectivity index (χ0v) is 11.0. The Balaban J connectivity index is 2.00. The molecular formula is C14H17NO4. The van der Waals surface area contributed by atoms with E-state index >= 15 is 0 Å². The number of anilines is 1. The quantitative estimate of drug-likeness (QED) is 0.824. The summed E-state index contributed by atoms with van der Waals surface area (Å²) in [6, 6.07) is 5.43. The van der Waals surface area contributed by atoms with Crippen LogP contribution in [0.5, 0.6) is 5.75 Å². The molecule has 1 aromatic rings. The lowest BCUT2D eigenvalue weighted by Gasteiger charge is -2.34. The van der Waals surface area contributed by atoms with E-state index in [1.807, 2.05) is 18.2 Å². The van der Waals surface area contributed by atoms with Crippen LogP contribution in [0.15, 0.2) is 18.2 Å². The standard InChI is InChI=1S/C14H17NO4/c1-17-8-3-4-11-10(7-8)13-9(5-6-19-13)12(15-11)14(16)18-2/h3-4,7,9,12-13,15H,5-6H2,1-2H3. The van der Waals surface area contributed by atoms with Crippen molar-refractivity contribution in [1.29, 1.82) is 0 Å². The first-order valence-corrected chi connectivity index (χ1v) is 6.38. The maximum Gasteiger partial charge on any atom is 0.328 e. The molecule has 1 aromatic carbocycles. The van der Waals surface area contributed by atoms with Gasteiger partial charge in [-0.1, -0.05) is 0 Å². The Morgan fingerprint density at radius 1 is 1.42 bits per heavy atom. The third kappa shape index (κ3) is 1.94. The second kappa shape index (κ2) is 4.74. The molecule has 5 nitrogen and oxygen atoms in total. The molecule has 1 saturated heterocycles. The van der Waals surface area contributed by atoms with Gasteiger partial charge in [0.2, 0.25) is 0 Å². The van der Waals surface area contributed by atoms with Crippen LogP contribution in [0, 0.1) is 5.92 Å². The number of hydrogen-bond donors (Lipinski definition) is 1. The van der Waals surface area contributed by atoms with Gasteiger partial charge in [0.05, 0.1) is 20.3 Å². The molecule has 0 radical (unpaired) electrons. The monoisotopic (exact) mass is 263 g/mol. The van der Waals surface area contributed by atoms with E-state index in [9.17, 15) is 4.79 Å². The first-order valence-electron chi connectivity index (χ1n) is 6.38. The van der Waals surface area contributed by atoms with Crippen LogP contribution in [0.4, 0.5) is 5.69 Å². The van der Waals surface area contributed by atoms with Crippen molar-refractivity contribution in [2.24, 2.45) is 5.92 Å². The third-order valence-electron chi connectivity index (χ3n) is 3.90. The Labute approximate surface area is 111 Å². The predicted molar refractivity (Wildman–Crippen MR) is 69.2 cm³/mol. The van der Waals surface area contributed by atoms with E-state index in [-0.39, 0.29) is 24.0 Å². The average molecular weight is 263 g/mol. The van der Waals surface area contributed by atoms with Crippen LogP contribution in [-0.4, -0.2) is 32.8 Å². The Hall–Kier alpha value is -1.75. The molecule has 102 valence electrons. The molecule has 2 aliphatic heterocycles. The van der Waals surface area contributed by atoms with Crippen molar-refractivity contribution in [3.8, 4) is 5.75 Å². The van der Waals surface area contributed by atoms with Gasteiger partial charge in [0.1, 0.15) is 11.8 Å². The van der Waals surface area contributed by atoms with Crippen molar-refractivity contribution in [2.75, 3.05) is 26.1 Å². The number of fused-ring (bicyclic) bond motifs is 3. The summed E-state index contributed by atoms with van der Waals surface area (Å²) in [7, 11) is 3.06. The van der Waals surface area contributed by atoms with Crippen molar-refractivity contribution in [3.63, 3.8) is 0 Å². The maximum absolute atomic E-state index is 11.9. The minimum atomic E-state index is -0.335. The molecule has 0 saturated carbocycles.